The number of carbonyl (C=O) groups excluding carboxylic acids is 1. The molecular weight excluding hydrogens is 314 g/mol. The molecule has 0 bridgehead atoms. The van der Waals surface area contributed by atoms with Gasteiger partial charge in [-0.15, -0.1) is 0 Å². The van der Waals surface area contributed by atoms with Crippen molar-refractivity contribution in [1.82, 2.24) is 25.4 Å². The first-order valence-electron chi connectivity index (χ1n) is 9.21. The molecule has 25 heavy (non-hydrogen) atoms. The summed E-state index contributed by atoms with van der Waals surface area (Å²) < 4.78 is 0. The van der Waals surface area contributed by atoms with E-state index in [0.29, 0.717) is 5.92 Å². The Morgan fingerprint density at radius 1 is 1.32 bits per heavy atom. The summed E-state index contributed by atoms with van der Waals surface area (Å²) in [6, 6.07) is 10.6. The molecule has 1 atom stereocenters. The summed E-state index contributed by atoms with van der Waals surface area (Å²) in [6.07, 6.45) is 6.35. The molecule has 2 heterocycles. The monoisotopic (exact) mass is 341 g/mol. The van der Waals surface area contributed by atoms with Crippen molar-refractivity contribution in [1.29, 1.82) is 0 Å². The maximum absolute atomic E-state index is 12.6. The fourth-order valence-corrected chi connectivity index (χ4v) is 3.51. The van der Waals surface area contributed by atoms with Gasteiger partial charge in [0.25, 0.3) is 0 Å². The topological polar surface area (TPSA) is 73.9 Å². The number of benzene rings is 1. The number of amides is 2. The van der Waals surface area contributed by atoms with Crippen LogP contribution in [0.1, 0.15) is 49.9 Å². The molecule has 6 heteroatoms. The molecule has 3 rings (SSSR count). The summed E-state index contributed by atoms with van der Waals surface area (Å²) in [7, 11) is 0. The number of likely N-dealkylation sites (tertiary alicyclic amines) is 1. The van der Waals surface area contributed by atoms with Gasteiger partial charge in [0.1, 0.15) is 12.2 Å². The van der Waals surface area contributed by atoms with E-state index >= 15 is 0 Å². The Bertz CT molecular complexity index is 635. The van der Waals surface area contributed by atoms with Gasteiger partial charge >= 0.3 is 6.03 Å². The lowest BCUT2D eigenvalue weighted by Gasteiger charge is -2.32. The van der Waals surface area contributed by atoms with Crippen molar-refractivity contribution < 1.29 is 4.79 Å². The van der Waals surface area contributed by atoms with Crippen LogP contribution in [-0.2, 0) is 6.42 Å². The molecule has 0 aliphatic carbocycles. The molecule has 2 amide bonds. The summed E-state index contributed by atoms with van der Waals surface area (Å²) in [5, 5.41) is 10.1. The number of urea groups is 1. The molecule has 134 valence electrons. The van der Waals surface area contributed by atoms with Crippen LogP contribution >= 0.6 is 0 Å². The number of carbonyl (C=O) groups is 1. The van der Waals surface area contributed by atoms with Crippen LogP contribution in [0.5, 0.6) is 0 Å². The highest BCUT2D eigenvalue weighted by molar-refractivity contribution is 5.74. The van der Waals surface area contributed by atoms with Gasteiger partial charge in [-0.25, -0.2) is 9.78 Å². The summed E-state index contributed by atoms with van der Waals surface area (Å²) in [5.74, 6) is 1.32. The molecule has 0 saturated carbocycles. The van der Waals surface area contributed by atoms with E-state index in [2.05, 4.69) is 51.7 Å². The lowest BCUT2D eigenvalue weighted by atomic mass is 9.96. The number of nitrogens with zero attached hydrogens (tertiary/aromatic N) is 3. The van der Waals surface area contributed by atoms with E-state index in [-0.39, 0.29) is 12.1 Å². The first kappa shape index (κ1) is 17.5. The van der Waals surface area contributed by atoms with Crippen LogP contribution < -0.4 is 5.32 Å². The summed E-state index contributed by atoms with van der Waals surface area (Å²) in [4.78, 5) is 18.8. The van der Waals surface area contributed by atoms with Crippen molar-refractivity contribution in [2.24, 2.45) is 0 Å². The smallest absolute Gasteiger partial charge is 0.317 e. The van der Waals surface area contributed by atoms with Gasteiger partial charge in [0.2, 0.25) is 0 Å². The summed E-state index contributed by atoms with van der Waals surface area (Å²) in [5.41, 5.74) is 1.27. The minimum absolute atomic E-state index is 0.0606. The Balaban J connectivity index is 1.51. The predicted molar refractivity (Wildman–Crippen MR) is 97.3 cm³/mol. The van der Waals surface area contributed by atoms with Gasteiger partial charge in [-0.2, -0.15) is 5.10 Å². The normalized spacial score (nSPS) is 16.6. The molecule has 1 aliphatic rings. The van der Waals surface area contributed by atoms with E-state index < -0.39 is 0 Å². The number of nitrogens with one attached hydrogen (secondary N) is 2. The molecule has 6 nitrogen and oxygen atoms in total. The average molecular weight is 341 g/mol. The Morgan fingerprint density at radius 3 is 2.72 bits per heavy atom. The third-order valence-corrected chi connectivity index (χ3v) is 4.89. The zero-order valence-electron chi connectivity index (χ0n) is 14.8. The number of hydrogen-bond donors (Lipinski definition) is 2. The van der Waals surface area contributed by atoms with Gasteiger partial charge < -0.3 is 10.2 Å². The van der Waals surface area contributed by atoms with Gasteiger partial charge in [0.15, 0.2) is 0 Å². The molecule has 0 unspecified atom stereocenters. The second kappa shape index (κ2) is 8.65. The average Bonchev–Trinajstić information content (AvgIpc) is 3.17. The summed E-state index contributed by atoms with van der Waals surface area (Å²) in [6.45, 7) is 3.69. The highest BCUT2D eigenvalue weighted by atomic mass is 16.2. The van der Waals surface area contributed by atoms with E-state index in [1.165, 1.54) is 5.56 Å². The number of aromatic amines is 1. The highest BCUT2D eigenvalue weighted by Crippen LogP contribution is 2.25. The maximum atomic E-state index is 12.6. The zero-order chi connectivity index (χ0) is 17.5. The highest BCUT2D eigenvalue weighted by Gasteiger charge is 2.26. The molecule has 1 aromatic carbocycles. The Labute approximate surface area is 149 Å². The van der Waals surface area contributed by atoms with Crippen molar-refractivity contribution in [3.8, 4) is 0 Å². The molecule has 1 fully saturated rings. The fraction of sp³-hybridized carbons (Fsp3) is 0.526. The molecular formula is C19H27N5O. The Morgan fingerprint density at radius 2 is 2.08 bits per heavy atom. The zero-order valence-corrected chi connectivity index (χ0v) is 14.8. The first-order chi connectivity index (χ1) is 12.3. The third-order valence-electron chi connectivity index (χ3n) is 4.89. The number of H-pyrrole nitrogens is 1. The van der Waals surface area contributed by atoms with E-state index in [4.69, 9.17) is 0 Å². The molecule has 1 aromatic heterocycles. The predicted octanol–water partition coefficient (Wildman–Crippen LogP) is 3.11. The van der Waals surface area contributed by atoms with Gasteiger partial charge in [-0.05, 0) is 31.2 Å². The van der Waals surface area contributed by atoms with Crippen LogP contribution in [-0.4, -0.2) is 45.2 Å². The van der Waals surface area contributed by atoms with Crippen molar-refractivity contribution in [2.75, 3.05) is 13.1 Å². The molecule has 1 aliphatic heterocycles. The van der Waals surface area contributed by atoms with Gasteiger partial charge in [-0.1, -0.05) is 43.7 Å². The molecule has 2 aromatic rings. The van der Waals surface area contributed by atoms with Gasteiger partial charge in [0, 0.05) is 25.0 Å². The second-order valence-corrected chi connectivity index (χ2v) is 6.76. The Kier molecular flexibility index (Phi) is 6.04. The number of hydrogen-bond acceptors (Lipinski definition) is 3. The van der Waals surface area contributed by atoms with Crippen LogP contribution in [0.2, 0.25) is 0 Å². The van der Waals surface area contributed by atoms with Crippen molar-refractivity contribution >= 4 is 6.03 Å². The minimum atomic E-state index is 0.0606. The van der Waals surface area contributed by atoms with Crippen molar-refractivity contribution in [3.05, 3.63) is 48.0 Å². The van der Waals surface area contributed by atoms with Crippen molar-refractivity contribution in [2.45, 2.75) is 51.0 Å². The number of aromatic nitrogens is 3. The number of piperidine rings is 1. The van der Waals surface area contributed by atoms with E-state index in [9.17, 15) is 4.79 Å². The molecule has 1 saturated heterocycles. The Hall–Kier alpha value is -2.37. The minimum Gasteiger partial charge on any atom is -0.335 e. The fourth-order valence-electron chi connectivity index (χ4n) is 3.51. The van der Waals surface area contributed by atoms with E-state index in [0.717, 1.165) is 51.0 Å². The quantitative estimate of drug-likeness (QED) is 0.848. The van der Waals surface area contributed by atoms with Crippen LogP contribution in [0.15, 0.2) is 36.7 Å². The van der Waals surface area contributed by atoms with Crippen LogP contribution in [0.4, 0.5) is 4.79 Å². The van der Waals surface area contributed by atoms with Crippen LogP contribution in [0.25, 0.3) is 0 Å². The van der Waals surface area contributed by atoms with Gasteiger partial charge in [0.05, 0.1) is 0 Å². The van der Waals surface area contributed by atoms with Crippen LogP contribution in [0, 0.1) is 0 Å². The molecule has 2 N–H and O–H groups in total. The first-order valence-corrected chi connectivity index (χ1v) is 9.21. The molecule has 0 radical (unpaired) electrons. The van der Waals surface area contributed by atoms with E-state index in [1.54, 1.807) is 6.33 Å². The van der Waals surface area contributed by atoms with Crippen molar-refractivity contribution in [3.63, 3.8) is 0 Å². The largest absolute Gasteiger partial charge is 0.335 e. The van der Waals surface area contributed by atoms with E-state index in [1.807, 2.05) is 11.0 Å². The van der Waals surface area contributed by atoms with Crippen LogP contribution in [0.3, 0.4) is 0 Å². The lowest BCUT2D eigenvalue weighted by Crippen LogP contribution is -2.48. The molecule has 0 spiro atoms. The number of rotatable bonds is 6. The SMILES string of the molecule is CCC[C@@H](Cc1ccccc1)NC(=O)N1CCC(c2ncn[nH]2)CC1. The third kappa shape index (κ3) is 4.81. The van der Waals surface area contributed by atoms with Gasteiger partial charge in [-0.3, -0.25) is 5.10 Å². The second-order valence-electron chi connectivity index (χ2n) is 6.76. The summed E-state index contributed by atoms with van der Waals surface area (Å²) >= 11 is 0. The standard InChI is InChI=1S/C19H27N5O/c1-2-6-17(13-15-7-4-3-5-8-15)22-19(25)24-11-9-16(10-12-24)18-20-14-21-23-18/h3-5,7-8,14,16-17H,2,6,9-13H2,1H3,(H,22,25)(H,20,21,23)/t17-/m0/s1. The maximum Gasteiger partial charge on any atom is 0.317 e. The lowest BCUT2D eigenvalue weighted by molar-refractivity contribution is 0.176.